The number of anilines is 1. The van der Waals surface area contributed by atoms with Crippen molar-refractivity contribution in [3.63, 3.8) is 0 Å². The Bertz CT molecular complexity index is 1300. The summed E-state index contributed by atoms with van der Waals surface area (Å²) in [5, 5.41) is 5.01. The SMILES string of the molecule is COC(C)c1cccc2c(N[C@@H](C)CN3CCN(S(=O)(=O)c4ccc(Cl)c(Cl)c4)CC3)ncnc12. The molecular formula is C24H29Cl2N5O3S. The summed E-state index contributed by atoms with van der Waals surface area (Å²) in [4.78, 5) is 11.4. The molecule has 35 heavy (non-hydrogen) atoms. The first-order chi connectivity index (χ1) is 16.7. The Hall–Kier alpha value is -2.01. The second kappa shape index (κ2) is 10.9. The van der Waals surface area contributed by atoms with Gasteiger partial charge in [0.1, 0.15) is 12.1 Å². The van der Waals surface area contributed by atoms with Gasteiger partial charge in [0.2, 0.25) is 10.0 Å². The van der Waals surface area contributed by atoms with Crippen LogP contribution in [0.3, 0.4) is 0 Å². The largest absolute Gasteiger partial charge is 0.377 e. The highest BCUT2D eigenvalue weighted by Crippen LogP contribution is 2.29. The predicted molar refractivity (Wildman–Crippen MR) is 140 cm³/mol. The van der Waals surface area contributed by atoms with Gasteiger partial charge in [-0.15, -0.1) is 0 Å². The Kier molecular flexibility index (Phi) is 8.15. The molecular weight excluding hydrogens is 509 g/mol. The van der Waals surface area contributed by atoms with Gasteiger partial charge < -0.3 is 10.1 Å². The molecule has 2 aromatic carbocycles. The van der Waals surface area contributed by atoms with Crippen LogP contribution in [-0.2, 0) is 14.8 Å². The van der Waals surface area contributed by atoms with Crippen LogP contribution in [-0.4, -0.2) is 73.5 Å². The van der Waals surface area contributed by atoms with Gasteiger partial charge in [0.05, 0.1) is 26.6 Å². The molecule has 2 atom stereocenters. The Morgan fingerprint density at radius 1 is 1.06 bits per heavy atom. The Morgan fingerprint density at radius 2 is 1.80 bits per heavy atom. The molecule has 4 rings (SSSR count). The van der Waals surface area contributed by atoms with E-state index in [-0.39, 0.29) is 22.1 Å². The molecule has 11 heteroatoms. The summed E-state index contributed by atoms with van der Waals surface area (Å²) in [6.45, 7) is 6.91. The van der Waals surface area contributed by atoms with Crippen molar-refractivity contribution < 1.29 is 13.2 Å². The molecule has 8 nitrogen and oxygen atoms in total. The van der Waals surface area contributed by atoms with Crippen LogP contribution in [0.15, 0.2) is 47.6 Å². The molecule has 2 heterocycles. The maximum Gasteiger partial charge on any atom is 0.243 e. The third-order valence-electron chi connectivity index (χ3n) is 6.26. The molecule has 1 fully saturated rings. The van der Waals surface area contributed by atoms with Crippen molar-refractivity contribution in [3.05, 3.63) is 58.3 Å². The number of nitrogens with zero attached hydrogens (tertiary/aromatic N) is 4. The molecule has 1 aliphatic rings. The van der Waals surface area contributed by atoms with Crippen LogP contribution in [0.1, 0.15) is 25.5 Å². The Balaban J connectivity index is 1.39. The van der Waals surface area contributed by atoms with Crippen molar-refractivity contribution >= 4 is 49.9 Å². The fourth-order valence-electron chi connectivity index (χ4n) is 4.29. The molecule has 1 aliphatic heterocycles. The number of sulfonamides is 1. The number of piperazine rings is 1. The standard InChI is InChI=1S/C24H29Cl2N5O3S/c1-16(29-24-20-6-4-5-19(17(2)34-3)23(20)27-15-28-24)14-30-9-11-31(12-10-30)35(32,33)18-7-8-21(25)22(26)13-18/h4-8,13,15-17H,9-12,14H2,1-3H3,(H,27,28,29)/t16-,17?/m0/s1. The highest BCUT2D eigenvalue weighted by atomic mass is 35.5. The van der Waals surface area contributed by atoms with Crippen molar-refractivity contribution in [2.24, 2.45) is 0 Å². The van der Waals surface area contributed by atoms with Gasteiger partial charge in [0.15, 0.2) is 0 Å². The van der Waals surface area contributed by atoms with E-state index in [0.717, 1.165) is 28.8 Å². The lowest BCUT2D eigenvalue weighted by Gasteiger charge is -2.35. The molecule has 1 saturated heterocycles. The van der Waals surface area contributed by atoms with Gasteiger partial charge in [0, 0.05) is 56.8 Å². The van der Waals surface area contributed by atoms with E-state index in [1.807, 2.05) is 25.1 Å². The van der Waals surface area contributed by atoms with Crippen molar-refractivity contribution in [3.8, 4) is 0 Å². The third-order valence-corrected chi connectivity index (χ3v) is 8.90. The first-order valence-corrected chi connectivity index (χ1v) is 13.6. The van der Waals surface area contributed by atoms with E-state index >= 15 is 0 Å². The number of ether oxygens (including phenoxy) is 1. The van der Waals surface area contributed by atoms with Crippen molar-refractivity contribution in [1.29, 1.82) is 0 Å². The molecule has 0 spiro atoms. The minimum atomic E-state index is -3.62. The summed E-state index contributed by atoms with van der Waals surface area (Å²) in [6.07, 6.45) is 1.49. The summed E-state index contributed by atoms with van der Waals surface area (Å²) >= 11 is 12.0. The summed E-state index contributed by atoms with van der Waals surface area (Å²) in [7, 11) is -1.94. The number of halogens is 2. The Morgan fingerprint density at radius 3 is 2.49 bits per heavy atom. The molecule has 0 amide bonds. The average Bonchev–Trinajstić information content (AvgIpc) is 2.85. The minimum Gasteiger partial charge on any atom is -0.377 e. The van der Waals surface area contributed by atoms with Crippen LogP contribution in [0.4, 0.5) is 5.82 Å². The molecule has 188 valence electrons. The van der Waals surface area contributed by atoms with E-state index in [9.17, 15) is 8.42 Å². The van der Waals surface area contributed by atoms with Crippen molar-refractivity contribution in [2.75, 3.05) is 45.2 Å². The zero-order valence-corrected chi connectivity index (χ0v) is 22.2. The van der Waals surface area contributed by atoms with E-state index < -0.39 is 10.0 Å². The number of fused-ring (bicyclic) bond motifs is 1. The first-order valence-electron chi connectivity index (χ1n) is 11.4. The van der Waals surface area contributed by atoms with E-state index in [1.165, 1.54) is 22.5 Å². The number of methoxy groups -OCH3 is 1. The number of benzene rings is 2. The topological polar surface area (TPSA) is 87.7 Å². The predicted octanol–water partition coefficient (Wildman–Crippen LogP) is 4.45. The third kappa shape index (κ3) is 5.71. The monoisotopic (exact) mass is 537 g/mol. The lowest BCUT2D eigenvalue weighted by molar-refractivity contribution is 0.120. The molecule has 3 aromatic rings. The second-order valence-corrected chi connectivity index (χ2v) is 11.4. The molecule has 0 saturated carbocycles. The number of aromatic nitrogens is 2. The molecule has 1 unspecified atom stereocenters. The fraction of sp³-hybridized carbons (Fsp3) is 0.417. The van der Waals surface area contributed by atoms with Gasteiger partial charge in [-0.1, -0.05) is 35.3 Å². The van der Waals surface area contributed by atoms with Gasteiger partial charge in [0.25, 0.3) is 0 Å². The van der Waals surface area contributed by atoms with E-state index in [0.29, 0.717) is 31.2 Å². The molecule has 0 radical (unpaired) electrons. The highest BCUT2D eigenvalue weighted by molar-refractivity contribution is 7.89. The summed E-state index contributed by atoms with van der Waals surface area (Å²) in [5.74, 6) is 0.772. The molecule has 1 aromatic heterocycles. The molecule has 0 aliphatic carbocycles. The first kappa shape index (κ1) is 26.1. The van der Waals surface area contributed by atoms with Crippen LogP contribution in [0.25, 0.3) is 10.9 Å². The second-order valence-electron chi connectivity index (χ2n) is 8.67. The number of nitrogens with one attached hydrogen (secondary N) is 1. The molecule has 1 N–H and O–H groups in total. The summed E-state index contributed by atoms with van der Waals surface area (Å²) in [5.41, 5.74) is 1.88. The lowest BCUT2D eigenvalue weighted by Crippen LogP contribution is -2.50. The van der Waals surface area contributed by atoms with Crippen LogP contribution in [0.2, 0.25) is 10.0 Å². The van der Waals surface area contributed by atoms with Gasteiger partial charge in [-0.05, 0) is 38.1 Å². The van der Waals surface area contributed by atoms with Gasteiger partial charge in [-0.25, -0.2) is 18.4 Å². The van der Waals surface area contributed by atoms with Crippen LogP contribution >= 0.6 is 23.2 Å². The Labute approximate surface area is 216 Å². The van der Waals surface area contributed by atoms with E-state index in [2.05, 4.69) is 27.1 Å². The zero-order valence-electron chi connectivity index (χ0n) is 19.9. The smallest absolute Gasteiger partial charge is 0.243 e. The average molecular weight is 539 g/mol. The number of hydrogen-bond donors (Lipinski definition) is 1. The van der Waals surface area contributed by atoms with Gasteiger partial charge in [-0.3, -0.25) is 4.90 Å². The fourth-order valence-corrected chi connectivity index (χ4v) is 6.10. The maximum atomic E-state index is 13.0. The highest BCUT2D eigenvalue weighted by Gasteiger charge is 2.29. The summed E-state index contributed by atoms with van der Waals surface area (Å²) in [6, 6.07) is 10.5. The van der Waals surface area contributed by atoms with Gasteiger partial charge >= 0.3 is 0 Å². The normalized spacial score (nSPS) is 17.4. The van der Waals surface area contributed by atoms with Crippen LogP contribution in [0.5, 0.6) is 0 Å². The van der Waals surface area contributed by atoms with Crippen LogP contribution in [0, 0.1) is 0 Å². The number of rotatable bonds is 8. The molecule has 0 bridgehead atoms. The summed E-state index contributed by atoms with van der Waals surface area (Å²) < 4.78 is 33.0. The number of para-hydroxylation sites is 1. The quantitative estimate of drug-likeness (QED) is 0.454. The van der Waals surface area contributed by atoms with E-state index in [1.54, 1.807) is 13.4 Å². The number of hydrogen-bond acceptors (Lipinski definition) is 7. The zero-order chi connectivity index (χ0) is 25.2. The maximum absolute atomic E-state index is 13.0. The lowest BCUT2D eigenvalue weighted by atomic mass is 10.1. The van der Waals surface area contributed by atoms with Gasteiger partial charge in [-0.2, -0.15) is 4.31 Å². The van der Waals surface area contributed by atoms with E-state index in [4.69, 9.17) is 27.9 Å². The van der Waals surface area contributed by atoms with Crippen molar-refractivity contribution in [2.45, 2.75) is 30.9 Å². The minimum absolute atomic E-state index is 0.0738. The van der Waals surface area contributed by atoms with Crippen LogP contribution < -0.4 is 5.32 Å². The van der Waals surface area contributed by atoms with Crippen molar-refractivity contribution in [1.82, 2.24) is 19.2 Å².